The van der Waals surface area contributed by atoms with Crippen molar-refractivity contribution in [3.8, 4) is 11.3 Å². The molecule has 5 rings (SSSR count). The average molecular weight is 379 g/mol. The number of carbonyl (C=O) groups is 1. The molecule has 2 aliphatic rings. The van der Waals surface area contributed by atoms with Gasteiger partial charge < -0.3 is 10.6 Å². The molecule has 2 N–H and O–H groups in total. The van der Waals surface area contributed by atoms with Crippen LogP contribution in [0.5, 0.6) is 0 Å². The molecule has 0 spiro atoms. The second-order valence-electron chi connectivity index (χ2n) is 7.09. The second-order valence-corrected chi connectivity index (χ2v) is 8.13. The van der Waals surface area contributed by atoms with Gasteiger partial charge in [-0.1, -0.05) is 6.07 Å². The fourth-order valence-corrected chi connectivity index (χ4v) is 4.73. The van der Waals surface area contributed by atoms with Crippen LogP contribution < -0.4 is 10.6 Å². The Balaban J connectivity index is 1.30. The van der Waals surface area contributed by atoms with Crippen LogP contribution in [0.25, 0.3) is 11.3 Å². The molecule has 0 aromatic carbocycles. The Kier molecular flexibility index (Phi) is 4.26. The van der Waals surface area contributed by atoms with Gasteiger partial charge in [0.05, 0.1) is 18.3 Å². The fourth-order valence-electron chi connectivity index (χ4n) is 4.02. The highest BCUT2D eigenvalue weighted by atomic mass is 32.1. The molecule has 1 amide bonds. The van der Waals surface area contributed by atoms with Crippen LogP contribution in [0.3, 0.4) is 0 Å². The number of hydrogen-bond acceptors (Lipinski definition) is 5. The third kappa shape index (κ3) is 3.07. The topological polar surface area (TPSA) is 71.8 Å². The zero-order valence-electron chi connectivity index (χ0n) is 14.9. The van der Waals surface area contributed by atoms with E-state index < -0.39 is 0 Å². The molecule has 4 heterocycles. The van der Waals surface area contributed by atoms with E-state index in [9.17, 15) is 4.79 Å². The number of rotatable bonds is 5. The number of aryl methyl sites for hydroxylation is 1. The van der Waals surface area contributed by atoms with Crippen LogP contribution in [-0.4, -0.2) is 39.8 Å². The van der Waals surface area contributed by atoms with Gasteiger partial charge in [-0.3, -0.25) is 14.5 Å². The Morgan fingerprint density at radius 3 is 3.19 bits per heavy atom. The molecule has 1 aliphatic heterocycles. The van der Waals surface area contributed by atoms with Gasteiger partial charge in [-0.2, -0.15) is 5.10 Å². The molecule has 0 radical (unpaired) electrons. The van der Waals surface area contributed by atoms with Gasteiger partial charge in [0.1, 0.15) is 5.69 Å². The van der Waals surface area contributed by atoms with Gasteiger partial charge in [0.25, 0.3) is 5.91 Å². The molecule has 0 saturated carbocycles. The summed E-state index contributed by atoms with van der Waals surface area (Å²) in [6.07, 6.45) is 6.49. The van der Waals surface area contributed by atoms with Gasteiger partial charge in [0.2, 0.25) is 0 Å². The lowest BCUT2D eigenvalue weighted by Crippen LogP contribution is -2.49. The van der Waals surface area contributed by atoms with E-state index in [2.05, 4.69) is 33.1 Å². The maximum absolute atomic E-state index is 12.8. The first kappa shape index (κ1) is 16.6. The van der Waals surface area contributed by atoms with E-state index in [0.717, 1.165) is 54.9 Å². The molecule has 3 aromatic rings. The van der Waals surface area contributed by atoms with Crippen molar-refractivity contribution in [1.29, 1.82) is 0 Å². The highest BCUT2D eigenvalue weighted by Gasteiger charge is 2.32. The van der Waals surface area contributed by atoms with Crippen LogP contribution in [-0.2, 0) is 25.8 Å². The Hall–Kier alpha value is -2.51. The van der Waals surface area contributed by atoms with Crippen LogP contribution in [0.15, 0.2) is 36.0 Å². The number of pyridine rings is 1. The largest absolute Gasteiger partial charge is 0.345 e. The van der Waals surface area contributed by atoms with E-state index in [-0.39, 0.29) is 11.9 Å². The first-order valence-electron chi connectivity index (χ1n) is 9.36. The lowest BCUT2D eigenvalue weighted by molar-refractivity contribution is 0.0894. The Labute approximate surface area is 161 Å². The summed E-state index contributed by atoms with van der Waals surface area (Å²) in [6.45, 7) is 2.37. The summed E-state index contributed by atoms with van der Waals surface area (Å²) in [4.78, 5) is 18.3. The van der Waals surface area contributed by atoms with Crippen molar-refractivity contribution in [3.05, 3.63) is 57.7 Å². The number of aromatic nitrogens is 3. The van der Waals surface area contributed by atoms with Crippen molar-refractivity contribution in [2.45, 2.75) is 31.8 Å². The summed E-state index contributed by atoms with van der Waals surface area (Å²) in [6, 6.07) is 6.30. The van der Waals surface area contributed by atoms with Crippen molar-refractivity contribution >= 4 is 17.2 Å². The number of carbonyl (C=O) groups excluding carboxylic acids is 1. The minimum Gasteiger partial charge on any atom is -0.345 e. The van der Waals surface area contributed by atoms with Gasteiger partial charge in [-0.25, -0.2) is 0 Å². The summed E-state index contributed by atoms with van der Waals surface area (Å²) in [5.41, 5.74) is 5.10. The predicted octanol–water partition coefficient (Wildman–Crippen LogP) is 2.05. The maximum Gasteiger partial charge on any atom is 0.270 e. The Bertz CT molecular complexity index is 978. The molecule has 3 aromatic heterocycles. The minimum absolute atomic E-state index is 0.00226. The van der Waals surface area contributed by atoms with E-state index in [1.54, 1.807) is 17.5 Å². The summed E-state index contributed by atoms with van der Waals surface area (Å²) >= 11 is 1.78. The van der Waals surface area contributed by atoms with Crippen LogP contribution in [0.4, 0.5) is 0 Å². The molecule has 1 atom stereocenters. The van der Waals surface area contributed by atoms with Gasteiger partial charge in [0, 0.05) is 41.5 Å². The number of nitrogens with one attached hydrogen (secondary N) is 2. The number of fused-ring (bicyclic) bond motifs is 5. The molecule has 0 bridgehead atoms. The van der Waals surface area contributed by atoms with E-state index in [0.29, 0.717) is 6.54 Å². The van der Waals surface area contributed by atoms with Gasteiger partial charge in [-0.15, -0.1) is 11.3 Å². The SMILES string of the molecule is O=C1NC(CNCCc2cccs2)Cn2nc3c(c21)CCc1cnccc1-3. The maximum atomic E-state index is 12.8. The van der Waals surface area contributed by atoms with Crippen LogP contribution in [0, 0.1) is 0 Å². The van der Waals surface area contributed by atoms with Crippen molar-refractivity contribution in [1.82, 2.24) is 25.4 Å². The summed E-state index contributed by atoms with van der Waals surface area (Å²) < 4.78 is 1.91. The third-order valence-electron chi connectivity index (χ3n) is 5.32. The lowest BCUT2D eigenvalue weighted by Gasteiger charge is -2.25. The quantitative estimate of drug-likeness (QED) is 0.666. The zero-order chi connectivity index (χ0) is 18.2. The first-order valence-corrected chi connectivity index (χ1v) is 10.2. The van der Waals surface area contributed by atoms with Crippen LogP contribution >= 0.6 is 11.3 Å². The van der Waals surface area contributed by atoms with Crippen molar-refractivity contribution in [2.24, 2.45) is 0 Å². The third-order valence-corrected chi connectivity index (χ3v) is 6.25. The smallest absolute Gasteiger partial charge is 0.270 e. The molecule has 7 heteroatoms. The highest BCUT2D eigenvalue weighted by Crippen LogP contribution is 2.34. The summed E-state index contributed by atoms with van der Waals surface area (Å²) in [5.74, 6) is -0.00226. The second kappa shape index (κ2) is 6.90. The number of nitrogens with zero attached hydrogens (tertiary/aromatic N) is 3. The van der Waals surface area contributed by atoms with Crippen molar-refractivity contribution in [2.75, 3.05) is 13.1 Å². The first-order chi connectivity index (χ1) is 13.3. The van der Waals surface area contributed by atoms with Gasteiger partial charge in [0.15, 0.2) is 0 Å². The molecule has 138 valence electrons. The van der Waals surface area contributed by atoms with Crippen LogP contribution in [0.2, 0.25) is 0 Å². The van der Waals surface area contributed by atoms with Gasteiger partial charge in [-0.05, 0) is 42.3 Å². The summed E-state index contributed by atoms with van der Waals surface area (Å²) in [5, 5.41) is 13.5. The average Bonchev–Trinajstić information content (AvgIpc) is 3.33. The van der Waals surface area contributed by atoms with E-state index >= 15 is 0 Å². The van der Waals surface area contributed by atoms with E-state index in [1.165, 1.54) is 10.4 Å². The molecule has 27 heavy (non-hydrogen) atoms. The summed E-state index contributed by atoms with van der Waals surface area (Å²) in [7, 11) is 0. The Morgan fingerprint density at radius 1 is 1.33 bits per heavy atom. The number of hydrogen-bond donors (Lipinski definition) is 2. The molecule has 0 saturated heterocycles. The predicted molar refractivity (Wildman–Crippen MR) is 105 cm³/mol. The van der Waals surface area contributed by atoms with Gasteiger partial charge >= 0.3 is 0 Å². The molecule has 0 fully saturated rings. The number of amides is 1. The molecule has 1 aliphatic carbocycles. The molecule has 1 unspecified atom stereocenters. The fraction of sp³-hybridized carbons (Fsp3) is 0.350. The minimum atomic E-state index is -0.00226. The molecular weight excluding hydrogens is 358 g/mol. The lowest BCUT2D eigenvalue weighted by atomic mass is 9.90. The van der Waals surface area contributed by atoms with E-state index in [1.807, 2.05) is 16.9 Å². The number of thiophene rings is 1. The van der Waals surface area contributed by atoms with Crippen molar-refractivity contribution in [3.63, 3.8) is 0 Å². The molecule has 6 nitrogen and oxygen atoms in total. The molecular formula is C20H21N5OS. The highest BCUT2D eigenvalue weighted by molar-refractivity contribution is 7.09. The standard InChI is InChI=1S/C20H21N5OS/c26-20-19-17-4-3-13-10-21-8-6-16(13)18(17)24-25(19)12-14(23-20)11-22-7-5-15-2-1-9-27-15/h1-2,6,8-10,14,22H,3-5,7,11-12H2,(H,23,26). The van der Waals surface area contributed by atoms with E-state index in [4.69, 9.17) is 5.10 Å². The normalized spacial score (nSPS) is 17.8. The van der Waals surface area contributed by atoms with Crippen LogP contribution in [0.1, 0.15) is 26.5 Å². The Morgan fingerprint density at radius 2 is 2.30 bits per heavy atom. The van der Waals surface area contributed by atoms with Crippen molar-refractivity contribution < 1.29 is 4.79 Å². The zero-order valence-corrected chi connectivity index (χ0v) is 15.8. The monoisotopic (exact) mass is 379 g/mol.